The number of para-hydroxylation sites is 1. The number of rotatable bonds is 5. The van der Waals surface area contributed by atoms with Crippen molar-refractivity contribution in [2.45, 2.75) is 0 Å². The zero-order chi connectivity index (χ0) is 19.4. The summed E-state index contributed by atoms with van der Waals surface area (Å²) >= 11 is 5.86. The maximum Gasteiger partial charge on any atom is 0.337 e. The number of hydrogen-bond acceptors (Lipinski definition) is 5. The normalized spacial score (nSPS) is 10.9. The van der Waals surface area contributed by atoms with Crippen molar-refractivity contribution in [1.29, 1.82) is 0 Å². The summed E-state index contributed by atoms with van der Waals surface area (Å²) < 4.78 is 5.59. The Morgan fingerprint density at radius 1 is 1.11 bits per heavy atom. The van der Waals surface area contributed by atoms with Crippen LogP contribution in [0.15, 0.2) is 64.1 Å². The summed E-state index contributed by atoms with van der Waals surface area (Å²) in [4.78, 5) is 23.2. The molecule has 4 N–H and O–H groups in total. The molecule has 1 aromatic heterocycles. The van der Waals surface area contributed by atoms with Crippen molar-refractivity contribution in [3.05, 3.63) is 76.5 Å². The van der Waals surface area contributed by atoms with Gasteiger partial charge < -0.3 is 15.3 Å². The second-order valence-corrected chi connectivity index (χ2v) is 5.90. The molecule has 2 aromatic carbocycles. The van der Waals surface area contributed by atoms with Gasteiger partial charge in [-0.1, -0.05) is 23.7 Å². The molecule has 3 rings (SSSR count). The molecule has 0 radical (unpaired) electrons. The lowest BCUT2D eigenvalue weighted by molar-refractivity contribution is 0.0697. The Bertz CT molecular complexity index is 1040. The number of nitrogens with zero attached hydrogens (tertiary/aromatic N) is 1. The lowest BCUT2D eigenvalue weighted by Gasteiger charge is -2.02. The van der Waals surface area contributed by atoms with Crippen LogP contribution in [0, 0.1) is 0 Å². The first-order chi connectivity index (χ1) is 13.0. The molecule has 0 saturated carbocycles. The summed E-state index contributed by atoms with van der Waals surface area (Å²) in [5.74, 6) is -0.759. The number of furan rings is 1. The molecular formula is C19H14ClN3O4. The molecule has 1 heterocycles. The Hall–Kier alpha value is -3.58. The monoisotopic (exact) mass is 383 g/mol. The van der Waals surface area contributed by atoms with Crippen LogP contribution in [0.25, 0.3) is 11.3 Å². The van der Waals surface area contributed by atoms with Gasteiger partial charge in [-0.25, -0.2) is 10.2 Å². The van der Waals surface area contributed by atoms with Crippen molar-refractivity contribution in [3.8, 4) is 11.3 Å². The average Bonchev–Trinajstić information content (AvgIpc) is 3.11. The number of nitrogen functional groups attached to an aromatic ring is 1. The van der Waals surface area contributed by atoms with Crippen molar-refractivity contribution in [3.63, 3.8) is 0 Å². The lowest BCUT2D eigenvalue weighted by Crippen LogP contribution is -2.18. The number of halogens is 1. The van der Waals surface area contributed by atoms with Gasteiger partial charge in [0.25, 0.3) is 5.91 Å². The first kappa shape index (κ1) is 18.2. The fourth-order valence-electron chi connectivity index (χ4n) is 2.34. The number of hydrogen-bond donors (Lipinski definition) is 3. The zero-order valence-electron chi connectivity index (χ0n) is 13.8. The molecule has 0 atom stereocenters. The average molecular weight is 384 g/mol. The number of nitrogens with one attached hydrogen (secondary N) is 1. The van der Waals surface area contributed by atoms with E-state index in [-0.39, 0.29) is 10.6 Å². The van der Waals surface area contributed by atoms with Crippen LogP contribution in [0.3, 0.4) is 0 Å². The van der Waals surface area contributed by atoms with E-state index in [9.17, 15) is 9.59 Å². The highest BCUT2D eigenvalue weighted by atomic mass is 35.5. The number of carboxylic acids is 1. The van der Waals surface area contributed by atoms with Crippen LogP contribution in [0.1, 0.15) is 26.5 Å². The van der Waals surface area contributed by atoms with E-state index in [1.165, 1.54) is 18.3 Å². The van der Waals surface area contributed by atoms with Gasteiger partial charge in [-0.05, 0) is 42.5 Å². The van der Waals surface area contributed by atoms with Gasteiger partial charge in [-0.3, -0.25) is 4.79 Å². The quantitative estimate of drug-likeness (QED) is 0.353. The summed E-state index contributed by atoms with van der Waals surface area (Å²) in [6.45, 7) is 0. The van der Waals surface area contributed by atoms with Crippen LogP contribution in [-0.4, -0.2) is 23.2 Å². The molecule has 0 saturated heterocycles. The standard InChI is InChI=1S/C19H14ClN3O4/c20-15-7-5-11(9-14(15)19(25)26)17-8-6-12(27-17)10-22-23-18(24)13-3-1-2-4-16(13)21/h1-10H,21H2,(H,23,24)(H,25,26)/b22-10-. The van der Waals surface area contributed by atoms with E-state index in [4.69, 9.17) is 26.9 Å². The van der Waals surface area contributed by atoms with Crippen molar-refractivity contribution >= 4 is 35.4 Å². The van der Waals surface area contributed by atoms with E-state index in [0.29, 0.717) is 28.3 Å². The molecule has 0 bridgehead atoms. The van der Waals surface area contributed by atoms with E-state index in [0.717, 1.165) is 0 Å². The van der Waals surface area contributed by atoms with Crippen molar-refractivity contribution in [1.82, 2.24) is 5.43 Å². The molecule has 8 heteroatoms. The molecule has 0 unspecified atom stereocenters. The van der Waals surface area contributed by atoms with Crippen LogP contribution < -0.4 is 11.2 Å². The third kappa shape index (κ3) is 4.16. The molecular weight excluding hydrogens is 370 g/mol. The number of aromatic carboxylic acids is 1. The van der Waals surface area contributed by atoms with Gasteiger partial charge in [-0.15, -0.1) is 0 Å². The molecule has 0 aliphatic rings. The highest BCUT2D eigenvalue weighted by Gasteiger charge is 2.12. The summed E-state index contributed by atoms with van der Waals surface area (Å²) in [6, 6.07) is 14.5. The minimum atomic E-state index is -1.13. The molecule has 0 aliphatic carbocycles. The number of carbonyl (C=O) groups is 2. The molecule has 3 aromatic rings. The highest BCUT2D eigenvalue weighted by Crippen LogP contribution is 2.26. The van der Waals surface area contributed by atoms with E-state index in [1.54, 1.807) is 42.5 Å². The maximum absolute atomic E-state index is 12.0. The number of carboxylic acid groups (broad SMARTS) is 1. The predicted octanol–water partition coefficient (Wildman–Crippen LogP) is 3.64. The molecule has 0 fully saturated rings. The lowest BCUT2D eigenvalue weighted by atomic mass is 10.1. The first-order valence-electron chi connectivity index (χ1n) is 7.76. The number of anilines is 1. The fourth-order valence-corrected chi connectivity index (χ4v) is 2.54. The van der Waals surface area contributed by atoms with Crippen LogP contribution in [0.5, 0.6) is 0 Å². The van der Waals surface area contributed by atoms with Crippen LogP contribution >= 0.6 is 11.6 Å². The second kappa shape index (κ2) is 7.76. The van der Waals surface area contributed by atoms with Gasteiger partial charge in [0.05, 0.1) is 22.4 Å². The topological polar surface area (TPSA) is 118 Å². The number of nitrogens with two attached hydrogens (primary N) is 1. The molecule has 1 amide bonds. The molecule has 0 aliphatic heterocycles. The highest BCUT2D eigenvalue weighted by molar-refractivity contribution is 6.33. The Balaban J connectivity index is 1.72. The van der Waals surface area contributed by atoms with Crippen molar-refractivity contribution in [2.24, 2.45) is 5.10 Å². The number of benzene rings is 2. The van der Waals surface area contributed by atoms with Gasteiger partial charge in [0, 0.05) is 11.3 Å². The summed E-state index contributed by atoms with van der Waals surface area (Å²) in [5.41, 5.74) is 9.30. The van der Waals surface area contributed by atoms with Crippen LogP contribution in [0.2, 0.25) is 5.02 Å². The number of amides is 1. The predicted molar refractivity (Wildman–Crippen MR) is 102 cm³/mol. The smallest absolute Gasteiger partial charge is 0.337 e. The minimum absolute atomic E-state index is 0.0199. The maximum atomic E-state index is 12.0. The van der Waals surface area contributed by atoms with Crippen molar-refractivity contribution < 1.29 is 19.1 Å². The number of hydrazone groups is 1. The van der Waals surface area contributed by atoms with Crippen molar-refractivity contribution in [2.75, 3.05) is 5.73 Å². The van der Waals surface area contributed by atoms with E-state index < -0.39 is 11.9 Å². The largest absolute Gasteiger partial charge is 0.478 e. The summed E-state index contributed by atoms with van der Waals surface area (Å²) in [5, 5.41) is 13.1. The van der Waals surface area contributed by atoms with Gasteiger partial charge in [0.2, 0.25) is 0 Å². The van der Waals surface area contributed by atoms with Gasteiger partial charge in [-0.2, -0.15) is 5.10 Å². The Morgan fingerprint density at radius 2 is 1.89 bits per heavy atom. The van der Waals surface area contributed by atoms with Gasteiger partial charge >= 0.3 is 5.97 Å². The molecule has 136 valence electrons. The van der Waals surface area contributed by atoms with E-state index in [1.807, 2.05) is 0 Å². The first-order valence-corrected chi connectivity index (χ1v) is 8.14. The molecule has 7 nitrogen and oxygen atoms in total. The van der Waals surface area contributed by atoms with Crippen LogP contribution in [0.4, 0.5) is 5.69 Å². The molecule has 0 spiro atoms. The third-order valence-corrected chi connectivity index (χ3v) is 4.00. The third-order valence-electron chi connectivity index (χ3n) is 3.67. The summed E-state index contributed by atoms with van der Waals surface area (Å²) in [7, 11) is 0. The zero-order valence-corrected chi connectivity index (χ0v) is 14.6. The Morgan fingerprint density at radius 3 is 2.63 bits per heavy atom. The number of carbonyl (C=O) groups excluding carboxylic acids is 1. The fraction of sp³-hybridized carbons (Fsp3) is 0. The van der Waals surface area contributed by atoms with Gasteiger partial charge in [0.1, 0.15) is 11.5 Å². The second-order valence-electron chi connectivity index (χ2n) is 5.49. The van der Waals surface area contributed by atoms with Crippen LogP contribution in [-0.2, 0) is 0 Å². The minimum Gasteiger partial charge on any atom is -0.478 e. The summed E-state index contributed by atoms with van der Waals surface area (Å²) in [6.07, 6.45) is 1.33. The molecule has 27 heavy (non-hydrogen) atoms. The van der Waals surface area contributed by atoms with E-state index in [2.05, 4.69) is 10.5 Å². The van der Waals surface area contributed by atoms with E-state index >= 15 is 0 Å². The Kier molecular flexibility index (Phi) is 5.23. The Labute approximate surface area is 159 Å². The van der Waals surface area contributed by atoms with Gasteiger partial charge in [0.15, 0.2) is 0 Å². The SMILES string of the molecule is Nc1ccccc1C(=O)N/N=C\c1ccc(-c2ccc(Cl)c(C(=O)O)c2)o1.